The van der Waals surface area contributed by atoms with Crippen LogP contribution in [0.1, 0.15) is 11.6 Å². The third-order valence-corrected chi connectivity index (χ3v) is 4.95. The lowest BCUT2D eigenvalue weighted by Crippen LogP contribution is -2.46. The molecule has 2 aromatic carbocycles. The summed E-state index contributed by atoms with van der Waals surface area (Å²) >= 11 is 6.01. The van der Waals surface area contributed by atoms with Gasteiger partial charge >= 0.3 is 0 Å². The number of piperazine rings is 1. The number of nitrogens with zero attached hydrogens (tertiary/aromatic N) is 4. The molecule has 0 aliphatic carbocycles. The summed E-state index contributed by atoms with van der Waals surface area (Å²) in [5, 5.41) is 15.2. The molecule has 1 atom stereocenters. The van der Waals surface area contributed by atoms with E-state index in [9.17, 15) is 14.5 Å². The highest BCUT2D eigenvalue weighted by molar-refractivity contribution is 6.33. The number of fused-ring (bicyclic) bond motifs is 1. The Morgan fingerprint density at radius 2 is 2.04 bits per heavy atom. The van der Waals surface area contributed by atoms with Crippen molar-refractivity contribution in [2.75, 3.05) is 24.5 Å². The first kappa shape index (κ1) is 17.6. The number of halogens is 2. The molecule has 0 saturated carbocycles. The van der Waals surface area contributed by atoms with E-state index in [1.54, 1.807) is 12.1 Å². The standard InChI is InChI=1S/C18H15ClFN5O2/c19-14-8-15-13(7-16(14)25(26)27)18(23-10-22-15)24-6-5-21-9-17(24)11-1-3-12(20)4-2-11/h1-4,7-8,10,17,21H,5-6,9H2. The Bertz CT molecular complexity index is 1010. The second kappa shape index (κ2) is 7.05. The van der Waals surface area contributed by atoms with E-state index in [0.29, 0.717) is 29.8 Å². The fourth-order valence-corrected chi connectivity index (χ4v) is 3.59. The van der Waals surface area contributed by atoms with Crippen LogP contribution in [-0.4, -0.2) is 34.5 Å². The molecule has 1 aromatic heterocycles. The Kier molecular flexibility index (Phi) is 4.59. The van der Waals surface area contributed by atoms with Gasteiger partial charge < -0.3 is 10.2 Å². The van der Waals surface area contributed by atoms with Gasteiger partial charge in [-0.1, -0.05) is 23.7 Å². The van der Waals surface area contributed by atoms with Gasteiger partial charge in [-0.05, 0) is 23.8 Å². The maximum absolute atomic E-state index is 13.3. The molecular weight excluding hydrogens is 373 g/mol. The average Bonchev–Trinajstić information content (AvgIpc) is 2.67. The van der Waals surface area contributed by atoms with Crippen LogP contribution in [0.3, 0.4) is 0 Å². The van der Waals surface area contributed by atoms with Crippen LogP contribution in [0.2, 0.25) is 5.02 Å². The van der Waals surface area contributed by atoms with Crippen molar-refractivity contribution < 1.29 is 9.31 Å². The second-order valence-corrected chi connectivity index (χ2v) is 6.65. The summed E-state index contributed by atoms with van der Waals surface area (Å²) in [5.41, 5.74) is 1.28. The Morgan fingerprint density at radius 1 is 1.26 bits per heavy atom. The van der Waals surface area contributed by atoms with Crippen molar-refractivity contribution in [2.45, 2.75) is 6.04 Å². The van der Waals surface area contributed by atoms with E-state index in [1.165, 1.54) is 30.6 Å². The molecule has 1 unspecified atom stereocenters. The van der Waals surface area contributed by atoms with Crippen LogP contribution < -0.4 is 10.2 Å². The van der Waals surface area contributed by atoms with Crippen LogP contribution in [0.25, 0.3) is 10.9 Å². The highest BCUT2D eigenvalue weighted by Crippen LogP contribution is 2.36. The summed E-state index contributed by atoms with van der Waals surface area (Å²) in [6, 6.07) is 9.12. The molecule has 0 radical (unpaired) electrons. The van der Waals surface area contributed by atoms with E-state index < -0.39 is 4.92 Å². The lowest BCUT2D eigenvalue weighted by atomic mass is 10.0. The summed E-state index contributed by atoms with van der Waals surface area (Å²) in [4.78, 5) is 21.4. The number of hydrogen-bond acceptors (Lipinski definition) is 6. The van der Waals surface area contributed by atoms with Crippen molar-refractivity contribution in [3.63, 3.8) is 0 Å². The minimum Gasteiger partial charge on any atom is -0.346 e. The van der Waals surface area contributed by atoms with E-state index in [1.807, 2.05) is 0 Å². The molecule has 7 nitrogen and oxygen atoms in total. The maximum Gasteiger partial charge on any atom is 0.288 e. The molecule has 138 valence electrons. The minimum absolute atomic E-state index is 0.0348. The Morgan fingerprint density at radius 3 is 2.78 bits per heavy atom. The molecule has 3 aromatic rings. The smallest absolute Gasteiger partial charge is 0.288 e. The van der Waals surface area contributed by atoms with Gasteiger partial charge in [0.15, 0.2) is 0 Å². The summed E-state index contributed by atoms with van der Waals surface area (Å²) in [7, 11) is 0. The Hall–Kier alpha value is -2.84. The third-order valence-electron chi connectivity index (χ3n) is 4.65. The number of anilines is 1. The predicted octanol–water partition coefficient (Wildman–Crippen LogP) is 3.48. The van der Waals surface area contributed by atoms with Crippen LogP contribution in [-0.2, 0) is 0 Å². The van der Waals surface area contributed by atoms with Crippen molar-refractivity contribution >= 4 is 34.0 Å². The first-order valence-corrected chi connectivity index (χ1v) is 8.74. The second-order valence-electron chi connectivity index (χ2n) is 6.24. The lowest BCUT2D eigenvalue weighted by molar-refractivity contribution is -0.384. The van der Waals surface area contributed by atoms with Crippen molar-refractivity contribution in [1.29, 1.82) is 0 Å². The van der Waals surface area contributed by atoms with E-state index >= 15 is 0 Å². The van der Waals surface area contributed by atoms with Gasteiger partial charge in [-0.2, -0.15) is 0 Å². The zero-order chi connectivity index (χ0) is 19.0. The summed E-state index contributed by atoms with van der Waals surface area (Å²) in [6.07, 6.45) is 1.42. The van der Waals surface area contributed by atoms with Gasteiger partial charge in [0, 0.05) is 31.1 Å². The minimum atomic E-state index is -0.520. The van der Waals surface area contributed by atoms with Crippen LogP contribution in [0.15, 0.2) is 42.7 Å². The maximum atomic E-state index is 13.3. The SMILES string of the molecule is O=[N+]([O-])c1cc2c(N3CCNCC3c3ccc(F)cc3)ncnc2cc1Cl. The topological polar surface area (TPSA) is 84.2 Å². The lowest BCUT2D eigenvalue weighted by Gasteiger charge is -2.37. The molecule has 0 spiro atoms. The molecule has 1 saturated heterocycles. The number of hydrogen-bond donors (Lipinski definition) is 1. The molecular formula is C18H15ClFN5O2. The Labute approximate surface area is 158 Å². The number of nitro benzene ring substituents is 1. The number of aromatic nitrogens is 2. The monoisotopic (exact) mass is 387 g/mol. The van der Waals surface area contributed by atoms with Gasteiger partial charge in [0.2, 0.25) is 0 Å². The van der Waals surface area contributed by atoms with Gasteiger partial charge in [0.05, 0.1) is 16.5 Å². The highest BCUT2D eigenvalue weighted by atomic mass is 35.5. The van der Waals surface area contributed by atoms with E-state index in [4.69, 9.17) is 11.6 Å². The molecule has 1 aliphatic rings. The predicted molar refractivity (Wildman–Crippen MR) is 101 cm³/mol. The van der Waals surface area contributed by atoms with E-state index in [-0.39, 0.29) is 22.6 Å². The number of nitro groups is 1. The molecule has 0 amide bonds. The molecule has 0 bridgehead atoms. The van der Waals surface area contributed by atoms with Crippen molar-refractivity contribution in [3.05, 3.63) is 69.2 Å². The van der Waals surface area contributed by atoms with Crippen LogP contribution >= 0.6 is 11.6 Å². The third kappa shape index (κ3) is 3.29. The normalized spacial score (nSPS) is 17.3. The molecule has 27 heavy (non-hydrogen) atoms. The fraction of sp³-hybridized carbons (Fsp3) is 0.222. The summed E-state index contributed by atoms with van der Waals surface area (Å²) in [6.45, 7) is 2.02. The summed E-state index contributed by atoms with van der Waals surface area (Å²) < 4.78 is 13.3. The van der Waals surface area contributed by atoms with Gasteiger partial charge in [0.1, 0.15) is 23.0 Å². The van der Waals surface area contributed by atoms with Crippen LogP contribution in [0.5, 0.6) is 0 Å². The fourth-order valence-electron chi connectivity index (χ4n) is 3.36. The highest BCUT2D eigenvalue weighted by Gasteiger charge is 2.27. The van der Waals surface area contributed by atoms with Crippen LogP contribution in [0.4, 0.5) is 15.9 Å². The molecule has 1 fully saturated rings. The van der Waals surface area contributed by atoms with E-state index in [0.717, 1.165) is 12.1 Å². The van der Waals surface area contributed by atoms with E-state index in [2.05, 4.69) is 20.2 Å². The van der Waals surface area contributed by atoms with Crippen molar-refractivity contribution in [1.82, 2.24) is 15.3 Å². The largest absolute Gasteiger partial charge is 0.346 e. The molecule has 4 rings (SSSR count). The summed E-state index contributed by atoms with van der Waals surface area (Å²) in [5.74, 6) is 0.294. The van der Waals surface area contributed by atoms with Crippen molar-refractivity contribution in [3.8, 4) is 0 Å². The van der Waals surface area contributed by atoms with Crippen molar-refractivity contribution in [2.24, 2.45) is 0 Å². The van der Waals surface area contributed by atoms with Gasteiger partial charge in [0.25, 0.3) is 5.69 Å². The van der Waals surface area contributed by atoms with Gasteiger partial charge in [-0.25, -0.2) is 14.4 Å². The first-order chi connectivity index (χ1) is 13.0. The van der Waals surface area contributed by atoms with Gasteiger partial charge in [-0.3, -0.25) is 10.1 Å². The number of nitrogens with one attached hydrogen (secondary N) is 1. The van der Waals surface area contributed by atoms with Gasteiger partial charge in [-0.15, -0.1) is 0 Å². The average molecular weight is 388 g/mol. The zero-order valence-corrected chi connectivity index (χ0v) is 14.9. The zero-order valence-electron chi connectivity index (χ0n) is 14.1. The molecule has 2 heterocycles. The molecule has 9 heteroatoms. The number of rotatable bonds is 3. The quantitative estimate of drug-likeness (QED) is 0.547. The molecule has 1 aliphatic heterocycles. The number of benzene rings is 2. The van der Waals surface area contributed by atoms with Crippen LogP contribution in [0, 0.1) is 15.9 Å². The first-order valence-electron chi connectivity index (χ1n) is 8.36. The Balaban J connectivity index is 1.84. The molecule has 1 N–H and O–H groups in total.